The Hall–Kier alpha value is -0.585. The molecule has 1 aliphatic carbocycles. The third-order valence-corrected chi connectivity index (χ3v) is 4.68. The van der Waals surface area contributed by atoms with Gasteiger partial charge in [-0.2, -0.15) is 0 Å². The third kappa shape index (κ3) is 2.74. The van der Waals surface area contributed by atoms with E-state index in [-0.39, 0.29) is 18.3 Å². The van der Waals surface area contributed by atoms with E-state index < -0.39 is 0 Å². The van der Waals surface area contributed by atoms with Gasteiger partial charge >= 0.3 is 7.12 Å². The Morgan fingerprint density at radius 1 is 1.20 bits per heavy atom. The van der Waals surface area contributed by atoms with Crippen LogP contribution in [0.3, 0.4) is 0 Å². The Labute approximate surface area is 128 Å². The predicted octanol–water partition coefficient (Wildman–Crippen LogP) is 2.72. The fourth-order valence-electron chi connectivity index (χ4n) is 2.14. The lowest BCUT2D eigenvalue weighted by atomic mass is 9.80. The van der Waals surface area contributed by atoms with E-state index in [2.05, 4.69) is 53.9 Å². The lowest BCUT2D eigenvalue weighted by Gasteiger charge is -2.32. The van der Waals surface area contributed by atoms with Gasteiger partial charge in [0, 0.05) is 6.04 Å². The van der Waals surface area contributed by atoms with E-state index in [0.29, 0.717) is 6.04 Å². The normalized spacial score (nSPS) is 23.9. The molecule has 1 N–H and O–H groups in total. The minimum absolute atomic E-state index is 0.322. The molecule has 1 aromatic heterocycles. The van der Waals surface area contributed by atoms with Crippen molar-refractivity contribution < 1.29 is 9.31 Å². The molecule has 1 saturated heterocycles. The van der Waals surface area contributed by atoms with Crippen LogP contribution in [0.5, 0.6) is 0 Å². The summed E-state index contributed by atoms with van der Waals surface area (Å²) in [4.78, 5) is 4.45. The quantitative estimate of drug-likeness (QED) is 0.679. The highest BCUT2D eigenvalue weighted by Gasteiger charge is 2.51. The molecule has 0 radical (unpaired) electrons. The number of hydrogen-bond acceptors (Lipinski definition) is 4. The molecule has 0 bridgehead atoms. The summed E-state index contributed by atoms with van der Waals surface area (Å²) < 4.78 is 13.0. The number of pyridine rings is 1. The molecule has 20 heavy (non-hydrogen) atoms. The molecule has 0 aromatic carbocycles. The molecule has 0 amide bonds. The van der Waals surface area contributed by atoms with Crippen LogP contribution in [-0.2, 0) is 9.31 Å². The van der Waals surface area contributed by atoms with Crippen LogP contribution in [0.2, 0.25) is 0 Å². The lowest BCUT2D eigenvalue weighted by Crippen LogP contribution is -2.41. The van der Waals surface area contributed by atoms with E-state index >= 15 is 0 Å². The summed E-state index contributed by atoms with van der Waals surface area (Å²) in [7, 11) is -0.348. The summed E-state index contributed by atoms with van der Waals surface area (Å²) in [6.07, 6.45) is 2.44. The molecular formula is C14H20BBrN2O2. The van der Waals surface area contributed by atoms with Crippen LogP contribution in [0.25, 0.3) is 0 Å². The van der Waals surface area contributed by atoms with Crippen molar-refractivity contribution >= 4 is 34.3 Å². The van der Waals surface area contributed by atoms with Gasteiger partial charge in [-0.3, -0.25) is 0 Å². The zero-order chi connectivity index (χ0) is 14.5. The van der Waals surface area contributed by atoms with Crippen molar-refractivity contribution in [3.8, 4) is 0 Å². The van der Waals surface area contributed by atoms with Crippen LogP contribution in [0.1, 0.15) is 40.5 Å². The largest absolute Gasteiger partial charge is 0.495 e. The standard InChI is InChI=1S/C14H20BBrN2O2/c1-13(2)14(3,4)20-15(19-13)9-7-11(16)18-12(8-9)17-10-5-6-10/h7-8,10H,5-6H2,1-4H3,(H,17,18). The minimum atomic E-state index is -0.348. The third-order valence-electron chi connectivity index (χ3n) is 4.27. The highest BCUT2D eigenvalue weighted by molar-refractivity contribution is 9.10. The number of halogens is 1. The summed E-state index contributed by atoms with van der Waals surface area (Å²) >= 11 is 3.47. The van der Waals surface area contributed by atoms with Gasteiger partial charge in [0.15, 0.2) is 0 Å². The van der Waals surface area contributed by atoms with E-state index in [1.54, 1.807) is 0 Å². The first-order valence-electron chi connectivity index (χ1n) is 7.06. The molecule has 108 valence electrons. The van der Waals surface area contributed by atoms with Gasteiger partial charge in [0.1, 0.15) is 10.4 Å². The van der Waals surface area contributed by atoms with E-state index in [4.69, 9.17) is 9.31 Å². The average Bonchev–Trinajstić information content (AvgIpc) is 3.06. The number of rotatable bonds is 3. The summed E-state index contributed by atoms with van der Waals surface area (Å²) in [6.45, 7) is 8.25. The van der Waals surface area contributed by atoms with Gasteiger partial charge in [-0.15, -0.1) is 0 Å². The first-order chi connectivity index (χ1) is 9.27. The highest BCUT2D eigenvalue weighted by atomic mass is 79.9. The molecule has 0 atom stereocenters. The molecule has 2 fully saturated rings. The SMILES string of the molecule is CC1(C)OB(c2cc(Br)nc(NC3CC3)c2)OC1(C)C. The van der Waals surface area contributed by atoms with Gasteiger partial charge in [0.05, 0.1) is 11.2 Å². The highest BCUT2D eigenvalue weighted by Crippen LogP contribution is 2.36. The van der Waals surface area contributed by atoms with Crippen molar-refractivity contribution in [2.45, 2.75) is 57.8 Å². The van der Waals surface area contributed by atoms with Gasteiger partial charge in [-0.25, -0.2) is 4.98 Å². The first-order valence-corrected chi connectivity index (χ1v) is 7.86. The van der Waals surface area contributed by atoms with E-state index in [1.807, 2.05) is 12.1 Å². The maximum absolute atomic E-state index is 6.08. The molecule has 1 saturated carbocycles. The number of nitrogens with one attached hydrogen (secondary N) is 1. The molecule has 6 heteroatoms. The number of aromatic nitrogens is 1. The Morgan fingerprint density at radius 2 is 1.80 bits per heavy atom. The van der Waals surface area contributed by atoms with E-state index in [0.717, 1.165) is 15.9 Å². The molecule has 1 aliphatic heterocycles. The lowest BCUT2D eigenvalue weighted by molar-refractivity contribution is 0.00578. The second-order valence-electron chi connectivity index (χ2n) is 6.62. The second-order valence-corrected chi connectivity index (χ2v) is 7.43. The van der Waals surface area contributed by atoms with Crippen LogP contribution in [0.4, 0.5) is 5.82 Å². The molecule has 1 aromatic rings. The van der Waals surface area contributed by atoms with Gasteiger partial charge in [-0.1, -0.05) is 0 Å². The predicted molar refractivity (Wildman–Crippen MR) is 84.3 cm³/mol. The van der Waals surface area contributed by atoms with E-state index in [9.17, 15) is 0 Å². The minimum Gasteiger partial charge on any atom is -0.399 e. The first kappa shape index (κ1) is 14.4. The van der Waals surface area contributed by atoms with Crippen molar-refractivity contribution in [3.63, 3.8) is 0 Å². The van der Waals surface area contributed by atoms with Gasteiger partial charge in [0.2, 0.25) is 0 Å². The Bertz CT molecular complexity index is 516. The van der Waals surface area contributed by atoms with E-state index in [1.165, 1.54) is 12.8 Å². The fourth-order valence-corrected chi connectivity index (χ4v) is 2.60. The van der Waals surface area contributed by atoms with Crippen LogP contribution < -0.4 is 10.8 Å². The van der Waals surface area contributed by atoms with Gasteiger partial charge in [0.25, 0.3) is 0 Å². The molecule has 0 spiro atoms. The summed E-state index contributed by atoms with van der Waals surface area (Å²) in [5.74, 6) is 0.881. The topological polar surface area (TPSA) is 43.4 Å². The number of hydrogen-bond donors (Lipinski definition) is 1. The molecule has 4 nitrogen and oxygen atoms in total. The van der Waals surface area contributed by atoms with Crippen molar-refractivity contribution in [1.29, 1.82) is 0 Å². The van der Waals surface area contributed by atoms with Crippen LogP contribution in [-0.4, -0.2) is 29.3 Å². The van der Waals surface area contributed by atoms with Crippen molar-refractivity contribution in [2.24, 2.45) is 0 Å². The number of nitrogens with zero attached hydrogens (tertiary/aromatic N) is 1. The number of anilines is 1. The maximum Gasteiger partial charge on any atom is 0.495 e. The average molecular weight is 339 g/mol. The smallest absolute Gasteiger partial charge is 0.399 e. The van der Waals surface area contributed by atoms with Crippen LogP contribution in [0, 0.1) is 0 Å². The van der Waals surface area contributed by atoms with Crippen molar-refractivity contribution in [1.82, 2.24) is 4.98 Å². The maximum atomic E-state index is 6.08. The van der Waals surface area contributed by atoms with Crippen LogP contribution in [0.15, 0.2) is 16.7 Å². The zero-order valence-corrected chi connectivity index (χ0v) is 14.0. The van der Waals surface area contributed by atoms with Gasteiger partial charge in [-0.05, 0) is 74.1 Å². The summed E-state index contributed by atoms with van der Waals surface area (Å²) in [5.41, 5.74) is 0.350. The Balaban J connectivity index is 1.85. The Morgan fingerprint density at radius 3 is 2.35 bits per heavy atom. The fraction of sp³-hybridized carbons (Fsp3) is 0.643. The Kier molecular flexibility index (Phi) is 3.38. The molecule has 2 aliphatic rings. The molecule has 0 unspecified atom stereocenters. The van der Waals surface area contributed by atoms with Crippen LogP contribution >= 0.6 is 15.9 Å². The monoisotopic (exact) mass is 338 g/mol. The molecule has 3 rings (SSSR count). The van der Waals surface area contributed by atoms with Crippen molar-refractivity contribution in [3.05, 3.63) is 16.7 Å². The molecule has 2 heterocycles. The molecular weight excluding hydrogens is 319 g/mol. The summed E-state index contributed by atoms with van der Waals surface area (Å²) in [6, 6.07) is 4.55. The second kappa shape index (κ2) is 4.72. The van der Waals surface area contributed by atoms with Gasteiger partial charge < -0.3 is 14.6 Å². The van der Waals surface area contributed by atoms with Crippen molar-refractivity contribution in [2.75, 3.05) is 5.32 Å². The zero-order valence-electron chi connectivity index (χ0n) is 12.4. The summed E-state index contributed by atoms with van der Waals surface area (Å²) in [5, 5.41) is 3.41.